The molecular formula is C20H16O6-2. The highest BCUT2D eigenvalue weighted by atomic mass is 16.5. The zero-order chi connectivity index (χ0) is 18.7. The summed E-state index contributed by atoms with van der Waals surface area (Å²) in [5.74, 6) is -6.56. The number of hydrogen-bond donors (Lipinski definition) is 0. The lowest BCUT2D eigenvalue weighted by Gasteiger charge is -2.51. The summed E-state index contributed by atoms with van der Waals surface area (Å²) in [5.41, 5.74) is 1.34. The molecule has 2 aromatic carbocycles. The molecule has 0 aromatic heterocycles. The Morgan fingerprint density at radius 2 is 1.23 bits per heavy atom. The Balaban J connectivity index is 1.99. The molecule has 0 bridgehead atoms. The molecule has 0 unspecified atom stereocenters. The highest BCUT2D eigenvalue weighted by Gasteiger charge is 2.56. The summed E-state index contributed by atoms with van der Waals surface area (Å²) in [6.07, 6.45) is 0. The monoisotopic (exact) mass is 352 g/mol. The molecule has 1 saturated carbocycles. The fourth-order valence-electron chi connectivity index (χ4n) is 3.74. The van der Waals surface area contributed by atoms with Crippen LogP contribution in [0, 0.1) is 11.8 Å². The molecule has 3 rings (SSSR count). The first-order valence-electron chi connectivity index (χ1n) is 8.18. The molecule has 0 spiro atoms. The molecule has 0 N–H and O–H groups in total. The highest BCUT2D eigenvalue weighted by Crippen LogP contribution is 2.57. The van der Waals surface area contributed by atoms with E-state index in [0.717, 1.165) is 0 Å². The van der Waals surface area contributed by atoms with Crippen LogP contribution in [0.25, 0.3) is 0 Å². The Kier molecular flexibility index (Phi) is 5.02. The number of carboxylic acids is 2. The summed E-state index contributed by atoms with van der Waals surface area (Å²) < 4.78 is 4.82. The van der Waals surface area contributed by atoms with Crippen molar-refractivity contribution in [3.05, 3.63) is 71.8 Å². The van der Waals surface area contributed by atoms with E-state index in [1.165, 1.54) is 0 Å². The molecule has 26 heavy (non-hydrogen) atoms. The van der Waals surface area contributed by atoms with Crippen LogP contribution in [0.3, 0.4) is 0 Å². The predicted molar refractivity (Wildman–Crippen MR) is 86.3 cm³/mol. The number of aliphatic carboxylic acids is 2. The fourth-order valence-corrected chi connectivity index (χ4v) is 3.74. The third-order valence-electron chi connectivity index (χ3n) is 4.79. The Morgan fingerprint density at radius 3 is 1.62 bits per heavy atom. The molecule has 134 valence electrons. The third-order valence-corrected chi connectivity index (χ3v) is 4.79. The number of rotatable bonds is 6. The maximum atomic E-state index is 12.5. The van der Waals surface area contributed by atoms with Crippen molar-refractivity contribution in [2.75, 3.05) is 6.61 Å². The molecule has 1 aliphatic rings. The predicted octanol–water partition coefficient (Wildman–Crippen LogP) is -0.157. The van der Waals surface area contributed by atoms with Crippen molar-refractivity contribution in [2.24, 2.45) is 11.8 Å². The topological polar surface area (TPSA) is 107 Å². The lowest BCUT2D eigenvalue weighted by Crippen LogP contribution is -2.55. The second kappa shape index (κ2) is 7.39. The lowest BCUT2D eigenvalue weighted by atomic mass is 9.52. The Morgan fingerprint density at radius 1 is 0.769 bits per heavy atom. The Labute approximate surface area is 150 Å². The van der Waals surface area contributed by atoms with Gasteiger partial charge in [0.15, 0.2) is 0 Å². The summed E-state index contributed by atoms with van der Waals surface area (Å²) in [4.78, 5) is 35.0. The molecule has 2 aromatic rings. The minimum atomic E-state index is -1.51. The van der Waals surface area contributed by atoms with E-state index in [9.17, 15) is 24.6 Å². The maximum absolute atomic E-state index is 12.5. The molecule has 1 fully saturated rings. The van der Waals surface area contributed by atoms with Crippen LogP contribution in [-0.4, -0.2) is 24.5 Å². The first-order valence-corrected chi connectivity index (χ1v) is 8.18. The summed E-state index contributed by atoms with van der Waals surface area (Å²) in [6, 6.07) is 17.5. The summed E-state index contributed by atoms with van der Waals surface area (Å²) in [5, 5.41) is 22.4. The van der Waals surface area contributed by atoms with E-state index < -0.39 is 48.2 Å². The highest BCUT2D eigenvalue weighted by molar-refractivity contribution is 5.84. The number of esters is 1. The number of ether oxygens (including phenoxy) is 1. The lowest BCUT2D eigenvalue weighted by molar-refractivity contribution is -0.318. The third kappa shape index (κ3) is 3.31. The Bertz CT molecular complexity index is 754. The van der Waals surface area contributed by atoms with Gasteiger partial charge in [0.05, 0.1) is 11.9 Å². The van der Waals surface area contributed by atoms with E-state index >= 15 is 0 Å². The normalized spacial score (nSPS) is 24.3. The minimum Gasteiger partial charge on any atom is -0.550 e. The van der Waals surface area contributed by atoms with Gasteiger partial charge in [-0.05, 0) is 11.1 Å². The standard InChI is InChI=1S/C20H18O6/c21-14(22)11-26-20(25)18-15(12-7-3-1-4-8-12)17(19(23)24)16(18)13-9-5-2-6-10-13/h1-10,15-18H,11H2,(H,21,22)(H,23,24)/p-2/t15-,16-,17?,18?/m0/s1. The second-order valence-corrected chi connectivity index (χ2v) is 6.22. The maximum Gasteiger partial charge on any atom is 0.310 e. The first kappa shape index (κ1) is 17.7. The number of carbonyl (C=O) groups excluding carboxylic acids is 3. The van der Waals surface area contributed by atoms with Crippen LogP contribution in [-0.2, 0) is 19.1 Å². The molecule has 0 radical (unpaired) electrons. The Hall–Kier alpha value is -3.15. The second-order valence-electron chi connectivity index (χ2n) is 6.22. The van der Waals surface area contributed by atoms with Crippen LogP contribution in [0.4, 0.5) is 0 Å². The SMILES string of the molecule is O=C([O-])COC(=O)C1[C@@H](c2ccccc2)C(C(=O)[O-])[C@@H]1c1ccccc1. The first-order chi connectivity index (χ1) is 12.5. The molecule has 0 aliphatic heterocycles. The number of carbonyl (C=O) groups is 3. The van der Waals surface area contributed by atoms with Crippen molar-refractivity contribution in [1.29, 1.82) is 0 Å². The molecule has 6 heteroatoms. The van der Waals surface area contributed by atoms with Crippen molar-refractivity contribution in [3.63, 3.8) is 0 Å². The average molecular weight is 352 g/mol. The van der Waals surface area contributed by atoms with Crippen LogP contribution in [0.5, 0.6) is 0 Å². The van der Waals surface area contributed by atoms with Crippen molar-refractivity contribution >= 4 is 17.9 Å². The summed E-state index contributed by atoms with van der Waals surface area (Å²) >= 11 is 0. The van der Waals surface area contributed by atoms with Gasteiger partial charge in [0, 0.05) is 23.7 Å². The molecule has 2 atom stereocenters. The number of carboxylic acid groups (broad SMARTS) is 2. The summed E-state index contributed by atoms with van der Waals surface area (Å²) in [7, 11) is 0. The average Bonchev–Trinajstić information content (AvgIpc) is 2.60. The fraction of sp³-hybridized carbons (Fsp3) is 0.250. The van der Waals surface area contributed by atoms with Crippen LogP contribution in [0.1, 0.15) is 23.0 Å². The van der Waals surface area contributed by atoms with E-state index in [2.05, 4.69) is 0 Å². The van der Waals surface area contributed by atoms with E-state index in [1.807, 2.05) is 0 Å². The number of hydrogen-bond acceptors (Lipinski definition) is 6. The van der Waals surface area contributed by atoms with Crippen LogP contribution >= 0.6 is 0 Å². The van der Waals surface area contributed by atoms with Crippen LogP contribution in [0.2, 0.25) is 0 Å². The van der Waals surface area contributed by atoms with E-state index in [4.69, 9.17) is 4.74 Å². The van der Waals surface area contributed by atoms with E-state index in [1.54, 1.807) is 60.7 Å². The van der Waals surface area contributed by atoms with E-state index in [-0.39, 0.29) is 0 Å². The van der Waals surface area contributed by atoms with Gasteiger partial charge < -0.3 is 24.5 Å². The van der Waals surface area contributed by atoms with Crippen molar-refractivity contribution in [2.45, 2.75) is 11.8 Å². The molecule has 0 amide bonds. The summed E-state index contributed by atoms with van der Waals surface area (Å²) in [6.45, 7) is -0.867. The molecule has 0 saturated heterocycles. The van der Waals surface area contributed by atoms with Gasteiger partial charge in [-0.1, -0.05) is 60.7 Å². The molecule has 0 heterocycles. The van der Waals surface area contributed by atoms with Crippen LogP contribution < -0.4 is 10.2 Å². The molecular weight excluding hydrogens is 336 g/mol. The van der Waals surface area contributed by atoms with Crippen LogP contribution in [0.15, 0.2) is 60.7 Å². The van der Waals surface area contributed by atoms with Gasteiger partial charge in [-0.25, -0.2) is 0 Å². The van der Waals surface area contributed by atoms with Gasteiger partial charge in [-0.15, -0.1) is 0 Å². The largest absolute Gasteiger partial charge is 0.550 e. The van der Waals surface area contributed by atoms with Crippen molar-refractivity contribution in [3.8, 4) is 0 Å². The van der Waals surface area contributed by atoms with Gasteiger partial charge >= 0.3 is 5.97 Å². The quantitative estimate of drug-likeness (QED) is 0.669. The van der Waals surface area contributed by atoms with Crippen molar-refractivity contribution < 1.29 is 29.3 Å². The smallest absolute Gasteiger partial charge is 0.310 e. The molecule has 6 nitrogen and oxygen atoms in total. The number of benzene rings is 2. The zero-order valence-corrected chi connectivity index (χ0v) is 13.7. The molecule has 1 aliphatic carbocycles. The van der Waals surface area contributed by atoms with Gasteiger partial charge in [0.25, 0.3) is 0 Å². The van der Waals surface area contributed by atoms with Gasteiger partial charge in [-0.2, -0.15) is 0 Å². The van der Waals surface area contributed by atoms with Gasteiger partial charge in [0.1, 0.15) is 6.61 Å². The van der Waals surface area contributed by atoms with Gasteiger partial charge in [-0.3, -0.25) is 4.79 Å². The minimum absolute atomic E-state index is 0.652. The van der Waals surface area contributed by atoms with Gasteiger partial charge in [0.2, 0.25) is 0 Å². The van der Waals surface area contributed by atoms with E-state index in [0.29, 0.717) is 11.1 Å². The zero-order valence-electron chi connectivity index (χ0n) is 13.7. The van der Waals surface area contributed by atoms with Crippen molar-refractivity contribution in [1.82, 2.24) is 0 Å².